The van der Waals surface area contributed by atoms with Crippen molar-refractivity contribution in [3.8, 4) is 17.2 Å². The summed E-state index contributed by atoms with van der Waals surface area (Å²) in [4.78, 5) is 53.1. The van der Waals surface area contributed by atoms with Crippen LogP contribution in [0.25, 0.3) is 0 Å². The van der Waals surface area contributed by atoms with E-state index in [0.717, 1.165) is 25.7 Å². The topological polar surface area (TPSA) is 127 Å². The Balaban J connectivity index is 2.70. The number of halogens is 1. The Morgan fingerprint density at radius 2 is 1.24 bits per heavy atom. The van der Waals surface area contributed by atoms with Gasteiger partial charge in [-0.25, -0.2) is 9.18 Å². The van der Waals surface area contributed by atoms with E-state index in [1.165, 1.54) is 18.2 Å². The quantitative estimate of drug-likeness (QED) is 0.0614. The third-order valence-corrected chi connectivity index (χ3v) is 6.70. The molecule has 0 saturated heterocycles. The van der Waals surface area contributed by atoms with Crippen LogP contribution in [0.3, 0.4) is 0 Å². The van der Waals surface area contributed by atoms with Gasteiger partial charge in [0.2, 0.25) is 5.75 Å². The Kier molecular flexibility index (Phi) is 14.0. The number of carbonyl (C=O) groups excluding carboxylic acids is 4. The molecule has 2 rings (SSSR count). The van der Waals surface area contributed by atoms with Gasteiger partial charge in [0.15, 0.2) is 23.1 Å². The van der Waals surface area contributed by atoms with Crippen LogP contribution < -0.4 is 4.74 Å². The minimum absolute atomic E-state index is 0.0255. The van der Waals surface area contributed by atoms with Crippen molar-refractivity contribution in [3.63, 3.8) is 0 Å². The fourth-order valence-corrected chi connectivity index (χ4v) is 4.38. The van der Waals surface area contributed by atoms with Gasteiger partial charge in [-0.1, -0.05) is 77.5 Å². The van der Waals surface area contributed by atoms with E-state index < -0.39 is 69.9 Å². The third-order valence-electron chi connectivity index (χ3n) is 6.70. The Hall–Kier alpha value is -3.75. The van der Waals surface area contributed by atoms with Gasteiger partial charge < -0.3 is 19.7 Å². The molecule has 0 aliphatic rings. The number of carbonyl (C=O) groups is 4. The number of aromatic hydroxyl groups is 2. The van der Waals surface area contributed by atoms with Crippen molar-refractivity contribution < 1.29 is 43.3 Å². The van der Waals surface area contributed by atoms with E-state index in [0.29, 0.717) is 32.1 Å². The molecule has 0 aliphatic carbocycles. The minimum atomic E-state index is -1.19. The summed E-state index contributed by atoms with van der Waals surface area (Å²) < 4.78 is 25.0. The fraction of sp³-hybridized carbons (Fsp3) is 0.500. The van der Waals surface area contributed by atoms with Crippen LogP contribution in [0.2, 0.25) is 0 Å². The maximum atomic E-state index is 14.2. The van der Waals surface area contributed by atoms with Crippen LogP contribution in [0.1, 0.15) is 134 Å². The molecule has 0 heterocycles. The molecular formula is C32H41FO8. The van der Waals surface area contributed by atoms with Crippen molar-refractivity contribution in [2.75, 3.05) is 0 Å². The van der Waals surface area contributed by atoms with Crippen molar-refractivity contribution in [1.82, 2.24) is 0 Å². The molecule has 2 N–H and O–H groups in total. The second kappa shape index (κ2) is 17.1. The number of ether oxygens (including phenoxy) is 2. The number of phenolic OH excluding ortho intramolecular Hbond substituents is 2. The molecule has 0 aliphatic heterocycles. The first-order valence-electron chi connectivity index (χ1n) is 14.5. The molecule has 0 radical (unpaired) electrons. The Morgan fingerprint density at radius 1 is 0.707 bits per heavy atom. The Morgan fingerprint density at radius 3 is 1.80 bits per heavy atom. The molecule has 2 aromatic carbocycles. The van der Waals surface area contributed by atoms with Gasteiger partial charge in [0.05, 0.1) is 16.7 Å². The smallest absolute Gasteiger partial charge is 0.340 e. The number of Topliss-reactive ketones (excluding diaryl/α,β-unsaturated/α-hetero) is 2. The van der Waals surface area contributed by atoms with Crippen LogP contribution in [-0.4, -0.2) is 33.7 Å². The van der Waals surface area contributed by atoms with Crippen molar-refractivity contribution in [3.05, 3.63) is 52.3 Å². The van der Waals surface area contributed by atoms with Crippen LogP contribution in [0.4, 0.5) is 4.39 Å². The Labute approximate surface area is 240 Å². The van der Waals surface area contributed by atoms with Crippen LogP contribution in [-0.2, 0) is 16.1 Å². The molecule has 9 heteroatoms. The zero-order chi connectivity index (χ0) is 30.4. The predicted octanol–water partition coefficient (Wildman–Crippen LogP) is 7.61. The zero-order valence-electron chi connectivity index (χ0n) is 24.2. The molecule has 224 valence electrons. The molecule has 0 atom stereocenters. The molecule has 2 aromatic rings. The van der Waals surface area contributed by atoms with E-state index in [-0.39, 0.29) is 24.8 Å². The summed E-state index contributed by atoms with van der Waals surface area (Å²) in [5.74, 6) is -6.58. The van der Waals surface area contributed by atoms with Gasteiger partial charge in [-0.2, -0.15) is 0 Å². The lowest BCUT2D eigenvalue weighted by molar-refractivity contribution is -0.134. The van der Waals surface area contributed by atoms with Crippen molar-refractivity contribution >= 4 is 23.5 Å². The average Bonchev–Trinajstić information content (AvgIpc) is 2.95. The summed E-state index contributed by atoms with van der Waals surface area (Å²) in [5.41, 5.74) is -1.63. The van der Waals surface area contributed by atoms with Crippen LogP contribution in [0.15, 0.2) is 24.3 Å². The highest BCUT2D eigenvalue weighted by Gasteiger charge is 2.36. The van der Waals surface area contributed by atoms with E-state index in [4.69, 9.17) is 9.47 Å². The standard InChI is InChI=1S/C32H41FO8/c1-4-7-10-17-23(34)26-28(32(39)40-20-21-15-13-14-16-22(21)33)27(24(35)18-11-8-5-2)31(30(38)29(26)37)41-25(36)19-12-9-6-3/h13-16,37-38H,4-12,17-20H2,1-3H3. The van der Waals surface area contributed by atoms with Gasteiger partial charge in [0.1, 0.15) is 12.4 Å². The molecule has 0 spiro atoms. The van der Waals surface area contributed by atoms with Gasteiger partial charge in [0.25, 0.3) is 0 Å². The molecule has 0 aromatic heterocycles. The average molecular weight is 573 g/mol. The van der Waals surface area contributed by atoms with E-state index in [1.807, 2.05) is 20.8 Å². The molecule has 0 unspecified atom stereocenters. The number of rotatable bonds is 18. The van der Waals surface area contributed by atoms with Gasteiger partial charge in [-0.15, -0.1) is 0 Å². The number of esters is 2. The lowest BCUT2D eigenvalue weighted by Gasteiger charge is -2.20. The number of unbranched alkanes of at least 4 members (excludes halogenated alkanes) is 6. The highest BCUT2D eigenvalue weighted by molar-refractivity contribution is 6.17. The molecule has 0 amide bonds. The Bertz CT molecular complexity index is 1220. The molecule has 41 heavy (non-hydrogen) atoms. The zero-order valence-corrected chi connectivity index (χ0v) is 24.2. The fourth-order valence-electron chi connectivity index (χ4n) is 4.38. The normalized spacial score (nSPS) is 10.8. The first kappa shape index (κ1) is 33.5. The molecule has 8 nitrogen and oxygen atoms in total. The van der Waals surface area contributed by atoms with Gasteiger partial charge >= 0.3 is 11.9 Å². The summed E-state index contributed by atoms with van der Waals surface area (Å²) in [6.07, 6.45) is 5.76. The summed E-state index contributed by atoms with van der Waals surface area (Å²) >= 11 is 0. The molecule has 0 saturated carbocycles. The number of ketones is 2. The van der Waals surface area contributed by atoms with E-state index in [9.17, 15) is 33.8 Å². The van der Waals surface area contributed by atoms with Crippen LogP contribution in [0.5, 0.6) is 17.2 Å². The summed E-state index contributed by atoms with van der Waals surface area (Å²) in [7, 11) is 0. The highest BCUT2D eigenvalue weighted by Crippen LogP contribution is 2.46. The highest BCUT2D eigenvalue weighted by atomic mass is 19.1. The second-order valence-electron chi connectivity index (χ2n) is 10.0. The molecular weight excluding hydrogens is 531 g/mol. The molecule has 0 fully saturated rings. The minimum Gasteiger partial charge on any atom is -0.504 e. The van der Waals surface area contributed by atoms with Crippen molar-refractivity contribution in [2.24, 2.45) is 0 Å². The van der Waals surface area contributed by atoms with Gasteiger partial charge in [-0.05, 0) is 25.3 Å². The summed E-state index contributed by atoms with van der Waals surface area (Å²) in [5, 5.41) is 21.9. The van der Waals surface area contributed by atoms with Gasteiger partial charge in [0, 0.05) is 24.8 Å². The summed E-state index contributed by atoms with van der Waals surface area (Å²) in [6.45, 7) is 5.32. The number of phenols is 2. The monoisotopic (exact) mass is 572 g/mol. The van der Waals surface area contributed by atoms with E-state index in [2.05, 4.69) is 0 Å². The number of hydrogen-bond acceptors (Lipinski definition) is 8. The van der Waals surface area contributed by atoms with Crippen molar-refractivity contribution in [2.45, 2.75) is 104 Å². The lowest BCUT2D eigenvalue weighted by atomic mass is 9.89. The maximum absolute atomic E-state index is 14.2. The number of hydrogen-bond donors (Lipinski definition) is 2. The third kappa shape index (κ3) is 9.40. The van der Waals surface area contributed by atoms with E-state index in [1.54, 1.807) is 6.07 Å². The first-order valence-corrected chi connectivity index (χ1v) is 14.5. The second-order valence-corrected chi connectivity index (χ2v) is 10.0. The SMILES string of the molecule is CCCCCC(=O)Oc1c(O)c(O)c(C(=O)CCCCC)c(C(=O)OCc2ccccc2F)c1C(=O)CCCCC. The molecule has 0 bridgehead atoms. The van der Waals surface area contributed by atoms with E-state index >= 15 is 0 Å². The van der Waals surface area contributed by atoms with Crippen molar-refractivity contribution in [1.29, 1.82) is 0 Å². The maximum Gasteiger partial charge on any atom is 0.340 e. The summed E-state index contributed by atoms with van der Waals surface area (Å²) in [6, 6.07) is 5.63. The lowest BCUT2D eigenvalue weighted by Crippen LogP contribution is -2.21. The predicted molar refractivity (Wildman–Crippen MR) is 152 cm³/mol. The largest absolute Gasteiger partial charge is 0.504 e. The van der Waals surface area contributed by atoms with Crippen LogP contribution in [0, 0.1) is 5.82 Å². The first-order chi connectivity index (χ1) is 19.7. The van der Waals surface area contributed by atoms with Gasteiger partial charge in [-0.3, -0.25) is 14.4 Å². The van der Waals surface area contributed by atoms with Crippen LogP contribution >= 0.6 is 0 Å². The number of benzene rings is 2.